The minimum Gasteiger partial charge on any atom is -0.333 e. The molecule has 1 N–H and O–H groups in total. The normalized spacial score (nSPS) is 23.7. The highest BCUT2D eigenvalue weighted by Crippen LogP contribution is 2.42. The maximum absolute atomic E-state index is 12.5. The Balaban J connectivity index is 1.88. The number of nitriles is 1. The van der Waals surface area contributed by atoms with Crippen molar-refractivity contribution in [1.29, 1.82) is 5.26 Å². The summed E-state index contributed by atoms with van der Waals surface area (Å²) in [7, 11) is 0. The number of nitrogens with one attached hydrogen (secondary N) is 1. The molecule has 110 valence electrons. The van der Waals surface area contributed by atoms with Crippen LogP contribution in [0, 0.1) is 11.3 Å². The monoisotopic (exact) mass is 290 g/mol. The average molecular weight is 290 g/mol. The van der Waals surface area contributed by atoms with Crippen molar-refractivity contribution in [3.63, 3.8) is 0 Å². The van der Waals surface area contributed by atoms with Crippen LogP contribution in [0.3, 0.4) is 0 Å². The van der Waals surface area contributed by atoms with Crippen molar-refractivity contribution in [2.24, 2.45) is 0 Å². The molecule has 2 atom stereocenters. The first-order valence-electron chi connectivity index (χ1n) is 7.59. The summed E-state index contributed by atoms with van der Waals surface area (Å²) in [6, 6.07) is 21.5. The van der Waals surface area contributed by atoms with Gasteiger partial charge in [0.1, 0.15) is 5.54 Å². The van der Waals surface area contributed by atoms with E-state index in [0.29, 0.717) is 12.0 Å². The third-order valence-corrected chi connectivity index (χ3v) is 4.43. The predicted octanol–water partition coefficient (Wildman–Crippen LogP) is 3.65. The van der Waals surface area contributed by atoms with Gasteiger partial charge in [-0.05, 0) is 37.0 Å². The molecule has 3 rings (SSSR count). The van der Waals surface area contributed by atoms with Gasteiger partial charge in [-0.25, -0.2) is 0 Å². The molecule has 2 aromatic rings. The van der Waals surface area contributed by atoms with E-state index in [-0.39, 0.29) is 11.8 Å². The smallest absolute Gasteiger partial charge is 0.252 e. The Bertz CT molecular complexity index is 690. The van der Waals surface area contributed by atoms with E-state index >= 15 is 0 Å². The summed E-state index contributed by atoms with van der Waals surface area (Å²) >= 11 is 0. The van der Waals surface area contributed by atoms with Gasteiger partial charge in [0, 0.05) is 11.5 Å². The van der Waals surface area contributed by atoms with Crippen molar-refractivity contribution in [2.75, 3.05) is 0 Å². The Kier molecular flexibility index (Phi) is 3.93. The molecule has 3 heteroatoms. The maximum atomic E-state index is 12.5. The third kappa shape index (κ3) is 2.60. The van der Waals surface area contributed by atoms with E-state index in [1.807, 2.05) is 48.5 Å². The molecule has 0 spiro atoms. The standard InChI is InChI=1S/C19H18N2O/c20-14-19(21-18(22)16-10-5-2-6-11-16)13-7-12-17(19)15-8-3-1-4-9-15/h1-6,8-11,17H,7,12-13H2,(H,21,22)/t17-,19+/m0/s1. The SMILES string of the molecule is N#C[C@]1(NC(=O)c2ccccc2)CCC[C@H]1c1ccccc1. The first-order valence-corrected chi connectivity index (χ1v) is 7.59. The number of carbonyl (C=O) groups is 1. The molecule has 1 fully saturated rings. The van der Waals surface area contributed by atoms with Crippen LogP contribution in [0.4, 0.5) is 0 Å². The Morgan fingerprint density at radius 2 is 1.73 bits per heavy atom. The van der Waals surface area contributed by atoms with Crippen molar-refractivity contribution in [3.8, 4) is 6.07 Å². The summed E-state index contributed by atoms with van der Waals surface area (Å²) in [5.41, 5.74) is 0.902. The first kappa shape index (κ1) is 14.3. The van der Waals surface area contributed by atoms with E-state index in [0.717, 1.165) is 18.4 Å². The van der Waals surface area contributed by atoms with Crippen LogP contribution in [0.5, 0.6) is 0 Å². The molecule has 1 saturated carbocycles. The van der Waals surface area contributed by atoms with Crippen LogP contribution < -0.4 is 5.32 Å². The number of hydrogen-bond acceptors (Lipinski definition) is 2. The van der Waals surface area contributed by atoms with Gasteiger partial charge >= 0.3 is 0 Å². The van der Waals surface area contributed by atoms with Gasteiger partial charge in [0.25, 0.3) is 5.91 Å². The molecule has 0 aliphatic heterocycles. The number of benzene rings is 2. The number of rotatable bonds is 3. The van der Waals surface area contributed by atoms with Crippen molar-refractivity contribution >= 4 is 5.91 Å². The van der Waals surface area contributed by atoms with E-state index in [1.165, 1.54) is 0 Å². The van der Waals surface area contributed by atoms with Gasteiger partial charge in [0.2, 0.25) is 0 Å². The third-order valence-electron chi connectivity index (χ3n) is 4.43. The Hall–Kier alpha value is -2.60. The van der Waals surface area contributed by atoms with Gasteiger partial charge in [-0.3, -0.25) is 4.79 Å². The maximum Gasteiger partial charge on any atom is 0.252 e. The zero-order valence-corrected chi connectivity index (χ0v) is 12.3. The molecular weight excluding hydrogens is 272 g/mol. The van der Waals surface area contributed by atoms with Gasteiger partial charge in [0.05, 0.1) is 6.07 Å². The minimum absolute atomic E-state index is 0.0476. The Labute approximate surface area is 130 Å². The van der Waals surface area contributed by atoms with Crippen LogP contribution in [-0.2, 0) is 0 Å². The summed E-state index contributed by atoms with van der Waals surface area (Å²) in [5.74, 6) is -0.128. The average Bonchev–Trinajstić information content (AvgIpc) is 3.00. The number of hydrogen-bond donors (Lipinski definition) is 1. The summed E-state index contributed by atoms with van der Waals surface area (Å²) in [6.45, 7) is 0. The van der Waals surface area contributed by atoms with Crippen LogP contribution >= 0.6 is 0 Å². The van der Waals surface area contributed by atoms with Crippen LogP contribution in [0.1, 0.15) is 41.1 Å². The zero-order valence-electron chi connectivity index (χ0n) is 12.3. The minimum atomic E-state index is -0.811. The molecule has 1 amide bonds. The van der Waals surface area contributed by atoms with Crippen LogP contribution in [-0.4, -0.2) is 11.4 Å². The van der Waals surface area contributed by atoms with E-state index in [9.17, 15) is 10.1 Å². The molecule has 0 bridgehead atoms. The molecular formula is C19H18N2O. The molecule has 1 aliphatic rings. The van der Waals surface area contributed by atoms with Crippen LogP contribution in [0.25, 0.3) is 0 Å². The molecule has 22 heavy (non-hydrogen) atoms. The van der Waals surface area contributed by atoms with E-state index in [4.69, 9.17) is 0 Å². The summed E-state index contributed by atoms with van der Waals surface area (Å²) in [5, 5.41) is 12.8. The zero-order chi connectivity index (χ0) is 15.4. The highest BCUT2D eigenvalue weighted by Gasteiger charge is 2.45. The number of carbonyl (C=O) groups excluding carboxylic acids is 1. The molecule has 0 saturated heterocycles. The van der Waals surface area contributed by atoms with Gasteiger partial charge in [-0.1, -0.05) is 48.5 Å². The summed E-state index contributed by atoms with van der Waals surface area (Å²) in [6.07, 6.45) is 2.57. The molecule has 0 aromatic heterocycles. The van der Waals surface area contributed by atoms with Gasteiger partial charge in [-0.15, -0.1) is 0 Å². The first-order chi connectivity index (χ1) is 10.7. The fraction of sp³-hybridized carbons (Fsp3) is 0.263. The largest absolute Gasteiger partial charge is 0.333 e. The molecule has 1 aliphatic carbocycles. The second-order valence-electron chi connectivity index (χ2n) is 5.76. The lowest BCUT2D eigenvalue weighted by atomic mass is 9.82. The number of nitrogens with zero attached hydrogens (tertiary/aromatic N) is 1. The molecule has 0 unspecified atom stereocenters. The molecule has 0 radical (unpaired) electrons. The second-order valence-corrected chi connectivity index (χ2v) is 5.76. The fourth-order valence-corrected chi connectivity index (χ4v) is 3.32. The van der Waals surface area contributed by atoms with Crippen molar-refractivity contribution in [3.05, 3.63) is 71.8 Å². The van der Waals surface area contributed by atoms with Crippen LogP contribution in [0.15, 0.2) is 60.7 Å². The molecule has 2 aromatic carbocycles. The highest BCUT2D eigenvalue weighted by molar-refractivity contribution is 5.95. The quantitative estimate of drug-likeness (QED) is 0.938. The lowest BCUT2D eigenvalue weighted by Crippen LogP contribution is -2.49. The summed E-state index contributed by atoms with van der Waals surface area (Å²) in [4.78, 5) is 12.5. The van der Waals surface area contributed by atoms with E-state index in [1.54, 1.807) is 12.1 Å². The second kappa shape index (κ2) is 6.03. The fourth-order valence-electron chi connectivity index (χ4n) is 3.32. The Morgan fingerprint density at radius 3 is 2.36 bits per heavy atom. The van der Waals surface area contributed by atoms with Gasteiger partial charge in [-0.2, -0.15) is 5.26 Å². The van der Waals surface area contributed by atoms with Crippen LogP contribution in [0.2, 0.25) is 0 Å². The molecule has 3 nitrogen and oxygen atoms in total. The van der Waals surface area contributed by atoms with E-state index < -0.39 is 5.54 Å². The predicted molar refractivity (Wildman–Crippen MR) is 85.3 cm³/mol. The lowest BCUT2D eigenvalue weighted by molar-refractivity contribution is 0.0915. The van der Waals surface area contributed by atoms with Gasteiger partial charge in [0.15, 0.2) is 0 Å². The molecule has 0 heterocycles. The van der Waals surface area contributed by atoms with Crippen molar-refractivity contribution in [1.82, 2.24) is 5.32 Å². The highest BCUT2D eigenvalue weighted by atomic mass is 16.1. The van der Waals surface area contributed by atoms with Crippen molar-refractivity contribution in [2.45, 2.75) is 30.7 Å². The van der Waals surface area contributed by atoms with Gasteiger partial charge < -0.3 is 5.32 Å². The van der Waals surface area contributed by atoms with Crippen molar-refractivity contribution < 1.29 is 4.79 Å². The van der Waals surface area contributed by atoms with E-state index in [2.05, 4.69) is 11.4 Å². The Morgan fingerprint density at radius 1 is 1.09 bits per heavy atom. The lowest BCUT2D eigenvalue weighted by Gasteiger charge is -2.30. The summed E-state index contributed by atoms with van der Waals surface area (Å²) < 4.78 is 0. The topological polar surface area (TPSA) is 52.9 Å². The number of amides is 1.